The molecule has 3 heterocycles. The molecule has 24 heavy (non-hydrogen) atoms. The zero-order valence-corrected chi connectivity index (χ0v) is 13.0. The van der Waals surface area contributed by atoms with Crippen molar-refractivity contribution in [1.82, 2.24) is 10.2 Å². The first kappa shape index (κ1) is 15.1. The minimum absolute atomic E-state index is 0.0346. The molecule has 2 saturated heterocycles. The maximum atomic E-state index is 14.4. The first-order chi connectivity index (χ1) is 11.5. The van der Waals surface area contributed by atoms with Crippen molar-refractivity contribution in [2.24, 2.45) is 5.41 Å². The summed E-state index contributed by atoms with van der Waals surface area (Å²) >= 11 is 0. The zero-order valence-electron chi connectivity index (χ0n) is 13.0. The second-order valence-corrected chi connectivity index (χ2v) is 6.30. The number of hydrogen-bond donors (Lipinski definition) is 1. The highest BCUT2D eigenvalue weighted by Gasteiger charge is 2.62. The Labute approximate surface area is 137 Å². The second-order valence-electron chi connectivity index (χ2n) is 6.30. The topological polar surface area (TPSA) is 79.0 Å². The number of nitrogens with one attached hydrogen (secondary N) is 1. The van der Waals surface area contributed by atoms with E-state index in [1.165, 1.54) is 13.1 Å². The van der Waals surface area contributed by atoms with Crippen LogP contribution in [0.15, 0.2) is 18.2 Å². The number of carbonyl (C=O) groups excluding carboxylic acids is 3. The fourth-order valence-electron chi connectivity index (χ4n) is 3.95. The van der Waals surface area contributed by atoms with Crippen LogP contribution in [-0.2, 0) is 20.7 Å². The molecule has 1 aromatic carbocycles. The number of halogens is 1. The SMILES string of the molecule is CN1C(=O)NC(=O)[C@@]2(Cc3cccc(F)c3N3CCOC[C@@H]32)C1=O. The zero-order chi connectivity index (χ0) is 17.1. The molecule has 0 aliphatic carbocycles. The van der Waals surface area contributed by atoms with E-state index in [0.717, 1.165) is 4.90 Å². The number of imide groups is 2. The summed E-state index contributed by atoms with van der Waals surface area (Å²) < 4.78 is 19.9. The summed E-state index contributed by atoms with van der Waals surface area (Å²) in [6.45, 7) is 0.873. The van der Waals surface area contributed by atoms with Crippen molar-refractivity contribution in [1.29, 1.82) is 0 Å². The molecule has 2 fully saturated rings. The van der Waals surface area contributed by atoms with Crippen molar-refractivity contribution >= 4 is 23.5 Å². The Hall–Kier alpha value is -2.48. The van der Waals surface area contributed by atoms with Crippen LogP contribution in [0.1, 0.15) is 5.56 Å². The predicted molar refractivity (Wildman–Crippen MR) is 80.8 cm³/mol. The molecule has 3 aliphatic rings. The van der Waals surface area contributed by atoms with E-state index < -0.39 is 29.3 Å². The number of nitrogens with zero attached hydrogens (tertiary/aromatic N) is 2. The van der Waals surface area contributed by atoms with Crippen LogP contribution >= 0.6 is 0 Å². The van der Waals surface area contributed by atoms with Gasteiger partial charge in [0.2, 0.25) is 11.8 Å². The van der Waals surface area contributed by atoms with Gasteiger partial charge in [-0.2, -0.15) is 0 Å². The van der Waals surface area contributed by atoms with Gasteiger partial charge in [0, 0.05) is 20.0 Å². The molecule has 0 saturated carbocycles. The average Bonchev–Trinajstić information content (AvgIpc) is 2.58. The standard InChI is InChI=1S/C16H16FN3O4/c1-19-14(22)16(13(21)18-15(19)23)7-9-3-2-4-10(17)12(9)20-5-6-24-8-11(16)20/h2-4,11H,5-8H2,1H3,(H,18,21,23)/t11-,16+/m1/s1. The number of urea groups is 1. The van der Waals surface area contributed by atoms with Gasteiger partial charge < -0.3 is 9.64 Å². The number of anilines is 1. The lowest BCUT2D eigenvalue weighted by atomic mass is 9.68. The highest BCUT2D eigenvalue weighted by atomic mass is 19.1. The molecule has 126 valence electrons. The average molecular weight is 333 g/mol. The number of barbiturate groups is 1. The van der Waals surface area contributed by atoms with Crippen molar-refractivity contribution in [3.63, 3.8) is 0 Å². The van der Waals surface area contributed by atoms with Gasteiger partial charge in [-0.3, -0.25) is 19.8 Å². The highest BCUT2D eigenvalue weighted by molar-refractivity contribution is 6.20. The molecule has 2 atom stereocenters. The molecule has 0 bridgehead atoms. The lowest BCUT2D eigenvalue weighted by Crippen LogP contribution is -2.73. The van der Waals surface area contributed by atoms with Gasteiger partial charge in [0.1, 0.15) is 5.82 Å². The summed E-state index contributed by atoms with van der Waals surface area (Å²) in [5.41, 5.74) is -0.500. The number of carbonyl (C=O) groups is 3. The van der Waals surface area contributed by atoms with E-state index in [0.29, 0.717) is 24.4 Å². The Bertz CT molecular complexity index is 768. The molecule has 8 heteroatoms. The van der Waals surface area contributed by atoms with Gasteiger partial charge in [-0.15, -0.1) is 0 Å². The smallest absolute Gasteiger partial charge is 0.330 e. The minimum atomic E-state index is -1.50. The summed E-state index contributed by atoms with van der Waals surface area (Å²) in [6, 6.07) is 3.23. The van der Waals surface area contributed by atoms with E-state index in [-0.39, 0.29) is 18.8 Å². The number of benzene rings is 1. The van der Waals surface area contributed by atoms with Gasteiger partial charge in [-0.1, -0.05) is 12.1 Å². The molecule has 7 nitrogen and oxygen atoms in total. The predicted octanol–water partition coefficient (Wildman–Crippen LogP) is 0.282. The molecule has 3 aliphatic heterocycles. The number of amides is 4. The third kappa shape index (κ3) is 1.77. The molecule has 1 N–H and O–H groups in total. The largest absolute Gasteiger partial charge is 0.377 e. The van der Waals surface area contributed by atoms with E-state index in [1.807, 2.05) is 0 Å². The number of rotatable bonds is 0. The Morgan fingerprint density at radius 2 is 2.12 bits per heavy atom. The van der Waals surface area contributed by atoms with Crippen LogP contribution in [-0.4, -0.2) is 55.6 Å². The van der Waals surface area contributed by atoms with Crippen molar-refractivity contribution in [3.8, 4) is 0 Å². The molecular weight excluding hydrogens is 317 g/mol. The Morgan fingerprint density at radius 1 is 1.33 bits per heavy atom. The molecule has 0 unspecified atom stereocenters. The van der Waals surface area contributed by atoms with Crippen molar-refractivity contribution in [2.45, 2.75) is 12.5 Å². The van der Waals surface area contributed by atoms with Crippen LogP contribution in [0, 0.1) is 11.2 Å². The first-order valence-electron chi connectivity index (χ1n) is 7.72. The second kappa shape index (κ2) is 5.01. The Balaban J connectivity index is 1.92. The van der Waals surface area contributed by atoms with E-state index in [1.54, 1.807) is 17.0 Å². The number of fused-ring (bicyclic) bond motifs is 4. The first-order valence-corrected chi connectivity index (χ1v) is 7.72. The van der Waals surface area contributed by atoms with Crippen LogP contribution in [0.3, 0.4) is 0 Å². The minimum Gasteiger partial charge on any atom is -0.377 e. The fourth-order valence-corrected chi connectivity index (χ4v) is 3.95. The Kier molecular flexibility index (Phi) is 3.14. The summed E-state index contributed by atoms with van der Waals surface area (Å²) in [5, 5.41) is 2.25. The monoisotopic (exact) mass is 333 g/mol. The molecule has 1 spiro atoms. The van der Waals surface area contributed by atoms with Gasteiger partial charge in [0.15, 0.2) is 5.41 Å². The molecule has 4 rings (SSSR count). The number of ether oxygens (including phenoxy) is 1. The summed E-state index contributed by atoms with van der Waals surface area (Å²) in [5.74, 6) is -1.61. The highest BCUT2D eigenvalue weighted by Crippen LogP contribution is 2.45. The summed E-state index contributed by atoms with van der Waals surface area (Å²) in [7, 11) is 1.33. The van der Waals surface area contributed by atoms with Gasteiger partial charge in [-0.05, 0) is 11.6 Å². The molecule has 1 aromatic rings. The normalized spacial score (nSPS) is 29.4. The van der Waals surface area contributed by atoms with Crippen molar-refractivity contribution in [2.75, 3.05) is 31.7 Å². The third-order valence-corrected chi connectivity index (χ3v) is 5.14. The van der Waals surface area contributed by atoms with Crippen molar-refractivity contribution < 1.29 is 23.5 Å². The van der Waals surface area contributed by atoms with E-state index in [4.69, 9.17) is 4.74 Å². The maximum Gasteiger partial charge on any atom is 0.330 e. The van der Waals surface area contributed by atoms with Crippen LogP contribution < -0.4 is 10.2 Å². The van der Waals surface area contributed by atoms with Crippen LogP contribution in [0.25, 0.3) is 0 Å². The maximum absolute atomic E-state index is 14.4. The number of hydrogen-bond acceptors (Lipinski definition) is 5. The van der Waals surface area contributed by atoms with Crippen LogP contribution in [0.4, 0.5) is 14.9 Å². The quantitative estimate of drug-likeness (QED) is 0.690. The third-order valence-electron chi connectivity index (χ3n) is 5.14. The van der Waals surface area contributed by atoms with E-state index in [9.17, 15) is 18.8 Å². The Morgan fingerprint density at radius 3 is 2.92 bits per heavy atom. The number of morpholine rings is 1. The van der Waals surface area contributed by atoms with Gasteiger partial charge in [-0.25, -0.2) is 9.18 Å². The summed E-state index contributed by atoms with van der Waals surface area (Å²) in [6.07, 6.45) is 0.0346. The van der Waals surface area contributed by atoms with E-state index >= 15 is 0 Å². The van der Waals surface area contributed by atoms with Crippen LogP contribution in [0.5, 0.6) is 0 Å². The fraction of sp³-hybridized carbons (Fsp3) is 0.438. The van der Waals surface area contributed by atoms with E-state index in [2.05, 4.69) is 5.32 Å². The van der Waals surface area contributed by atoms with Gasteiger partial charge >= 0.3 is 6.03 Å². The lowest BCUT2D eigenvalue weighted by Gasteiger charge is -2.52. The van der Waals surface area contributed by atoms with Gasteiger partial charge in [0.25, 0.3) is 0 Å². The number of para-hydroxylation sites is 1. The van der Waals surface area contributed by atoms with Gasteiger partial charge in [0.05, 0.1) is 24.9 Å². The molecular formula is C16H16FN3O4. The molecule has 0 aromatic heterocycles. The van der Waals surface area contributed by atoms with Crippen LogP contribution in [0.2, 0.25) is 0 Å². The summed E-state index contributed by atoms with van der Waals surface area (Å²) in [4.78, 5) is 40.1. The van der Waals surface area contributed by atoms with Crippen molar-refractivity contribution in [3.05, 3.63) is 29.6 Å². The lowest BCUT2D eigenvalue weighted by molar-refractivity contribution is -0.155. The molecule has 0 radical (unpaired) electrons. The molecule has 4 amide bonds.